The van der Waals surface area contributed by atoms with E-state index in [0.29, 0.717) is 6.61 Å². The van der Waals surface area contributed by atoms with Gasteiger partial charge in [-0.1, -0.05) is 91.0 Å². The average molecular weight is 655 g/mol. The maximum absolute atomic E-state index is 10.8. The normalized spacial score (nSPS) is 31.1. The van der Waals surface area contributed by atoms with Crippen LogP contribution < -0.4 is 0 Å². The Morgan fingerprint density at radius 2 is 1.06 bits per heavy atom. The molecule has 0 bridgehead atoms. The Balaban J connectivity index is 1.46. The SMILES string of the molecule is CO[C@H]1O[C@H](COCc2ccccc2)[C@@H](O[C@@H]2O[C@@H](CO)[C@@H](O)[C@H](OC)[C@H]2OC)[C@H](OCc2ccccc2)[C@H]1OCc1ccccc1. The van der Waals surface area contributed by atoms with E-state index in [-0.39, 0.29) is 19.8 Å². The molecular formula is C36H46O11. The zero-order chi connectivity index (χ0) is 33.0. The minimum Gasteiger partial charge on any atom is -0.394 e. The van der Waals surface area contributed by atoms with E-state index >= 15 is 0 Å². The summed E-state index contributed by atoms with van der Waals surface area (Å²) < 4.78 is 55.8. The second-order valence-electron chi connectivity index (χ2n) is 11.5. The van der Waals surface area contributed by atoms with Crippen molar-refractivity contribution in [1.29, 1.82) is 0 Å². The molecule has 2 fully saturated rings. The van der Waals surface area contributed by atoms with Crippen molar-refractivity contribution in [1.82, 2.24) is 0 Å². The van der Waals surface area contributed by atoms with Crippen LogP contribution in [-0.2, 0) is 62.5 Å². The van der Waals surface area contributed by atoms with Crippen molar-refractivity contribution in [3.63, 3.8) is 0 Å². The van der Waals surface area contributed by atoms with Crippen LogP contribution in [0.25, 0.3) is 0 Å². The van der Waals surface area contributed by atoms with E-state index in [2.05, 4.69) is 0 Å². The Morgan fingerprint density at radius 3 is 1.57 bits per heavy atom. The van der Waals surface area contributed by atoms with Gasteiger partial charge in [-0.05, 0) is 16.7 Å². The molecule has 11 nitrogen and oxygen atoms in total. The molecule has 0 saturated carbocycles. The summed E-state index contributed by atoms with van der Waals surface area (Å²) in [5.74, 6) is 0. The van der Waals surface area contributed by atoms with Crippen LogP contribution >= 0.6 is 0 Å². The van der Waals surface area contributed by atoms with Crippen molar-refractivity contribution in [2.75, 3.05) is 34.5 Å². The Kier molecular flexibility index (Phi) is 13.7. The van der Waals surface area contributed by atoms with Crippen LogP contribution in [-0.4, -0.2) is 106 Å². The van der Waals surface area contributed by atoms with Crippen LogP contribution in [0.1, 0.15) is 16.7 Å². The second-order valence-corrected chi connectivity index (χ2v) is 11.5. The summed E-state index contributed by atoms with van der Waals surface area (Å²) in [4.78, 5) is 0. The molecule has 0 aliphatic carbocycles. The smallest absolute Gasteiger partial charge is 0.187 e. The van der Waals surface area contributed by atoms with E-state index in [9.17, 15) is 10.2 Å². The number of aliphatic hydroxyl groups excluding tert-OH is 2. The molecule has 2 heterocycles. The molecule has 0 aromatic heterocycles. The molecule has 11 heteroatoms. The van der Waals surface area contributed by atoms with Crippen LogP contribution in [0, 0.1) is 0 Å². The highest BCUT2D eigenvalue weighted by atomic mass is 16.8. The first-order valence-electron chi connectivity index (χ1n) is 15.8. The van der Waals surface area contributed by atoms with Crippen LogP contribution in [0.3, 0.4) is 0 Å². The number of aliphatic hydroxyl groups is 2. The van der Waals surface area contributed by atoms with Crippen LogP contribution in [0.5, 0.6) is 0 Å². The highest BCUT2D eigenvalue weighted by molar-refractivity contribution is 5.15. The van der Waals surface area contributed by atoms with Crippen molar-refractivity contribution in [2.24, 2.45) is 0 Å². The van der Waals surface area contributed by atoms with Gasteiger partial charge in [0.1, 0.15) is 48.8 Å². The summed E-state index contributed by atoms with van der Waals surface area (Å²) in [6.45, 7) is 0.542. The van der Waals surface area contributed by atoms with Gasteiger partial charge in [-0.2, -0.15) is 0 Å². The predicted molar refractivity (Wildman–Crippen MR) is 170 cm³/mol. The van der Waals surface area contributed by atoms with Gasteiger partial charge in [-0.15, -0.1) is 0 Å². The van der Waals surface area contributed by atoms with Gasteiger partial charge in [0.2, 0.25) is 0 Å². The van der Waals surface area contributed by atoms with E-state index in [0.717, 1.165) is 16.7 Å². The standard InChI is InChI=1S/C36H46O11/c1-39-31-29(38)27(19-37)45-36(33(31)40-2)47-30-28(23-42-20-24-13-7-4-8-14-24)46-35(41-3)34(44-22-26-17-11-6-12-18-26)32(30)43-21-25-15-9-5-10-16-25/h4-18,27-38H,19-23H2,1-3H3/t27-,28+,29+,30+,31-,32-,33+,34+,35-,36-/m0/s1. The molecule has 47 heavy (non-hydrogen) atoms. The second kappa shape index (κ2) is 18.1. The molecule has 2 aliphatic heterocycles. The van der Waals surface area contributed by atoms with E-state index in [1.807, 2.05) is 91.0 Å². The predicted octanol–water partition coefficient (Wildman–Crippen LogP) is 3.24. The first kappa shape index (κ1) is 35.5. The van der Waals surface area contributed by atoms with E-state index in [1.165, 1.54) is 14.2 Å². The summed E-state index contributed by atoms with van der Waals surface area (Å²) in [6.07, 6.45) is -8.73. The van der Waals surface area contributed by atoms with Crippen LogP contribution in [0.4, 0.5) is 0 Å². The maximum atomic E-state index is 10.8. The number of hydrogen-bond donors (Lipinski definition) is 2. The summed E-state index contributed by atoms with van der Waals surface area (Å²) in [5, 5.41) is 20.9. The molecule has 0 amide bonds. The fourth-order valence-electron chi connectivity index (χ4n) is 5.96. The van der Waals surface area contributed by atoms with Crippen molar-refractivity contribution < 1.29 is 52.8 Å². The quantitative estimate of drug-likeness (QED) is 0.237. The molecule has 0 radical (unpaired) electrons. The van der Waals surface area contributed by atoms with Gasteiger partial charge in [-0.25, -0.2) is 0 Å². The topological polar surface area (TPSA) is 124 Å². The van der Waals surface area contributed by atoms with E-state index in [1.54, 1.807) is 7.11 Å². The average Bonchev–Trinajstić information content (AvgIpc) is 3.12. The van der Waals surface area contributed by atoms with E-state index in [4.69, 9.17) is 42.6 Å². The lowest BCUT2D eigenvalue weighted by atomic mass is 9.96. The summed E-state index contributed by atoms with van der Waals surface area (Å²) in [6, 6.07) is 29.4. The van der Waals surface area contributed by atoms with Crippen LogP contribution in [0.15, 0.2) is 91.0 Å². The molecule has 2 aliphatic rings. The highest BCUT2D eigenvalue weighted by Crippen LogP contribution is 2.34. The maximum Gasteiger partial charge on any atom is 0.187 e. The summed E-state index contributed by atoms with van der Waals surface area (Å²) in [5.41, 5.74) is 2.92. The van der Waals surface area contributed by atoms with Crippen molar-refractivity contribution in [3.8, 4) is 0 Å². The van der Waals surface area contributed by atoms with Gasteiger partial charge < -0.3 is 52.8 Å². The van der Waals surface area contributed by atoms with Gasteiger partial charge in [0.15, 0.2) is 12.6 Å². The first-order chi connectivity index (χ1) is 23.1. The molecular weight excluding hydrogens is 608 g/mol. The van der Waals surface area contributed by atoms with Crippen molar-refractivity contribution >= 4 is 0 Å². The van der Waals surface area contributed by atoms with Gasteiger partial charge >= 0.3 is 0 Å². The molecule has 2 saturated heterocycles. The third-order valence-electron chi connectivity index (χ3n) is 8.42. The molecule has 0 unspecified atom stereocenters. The third-order valence-corrected chi connectivity index (χ3v) is 8.42. The van der Waals surface area contributed by atoms with Crippen LogP contribution in [0.2, 0.25) is 0 Å². The number of methoxy groups -OCH3 is 3. The molecule has 256 valence electrons. The molecule has 10 atom stereocenters. The highest BCUT2D eigenvalue weighted by Gasteiger charge is 2.53. The minimum absolute atomic E-state index is 0.125. The zero-order valence-electron chi connectivity index (χ0n) is 27.0. The van der Waals surface area contributed by atoms with Gasteiger partial charge in [0, 0.05) is 21.3 Å². The fraction of sp³-hybridized carbons (Fsp3) is 0.500. The number of ether oxygens (including phenoxy) is 9. The molecule has 2 N–H and O–H groups in total. The third kappa shape index (κ3) is 9.23. The monoisotopic (exact) mass is 654 g/mol. The van der Waals surface area contributed by atoms with Crippen molar-refractivity contribution in [3.05, 3.63) is 108 Å². The number of rotatable bonds is 16. The molecule has 3 aromatic carbocycles. The zero-order valence-corrected chi connectivity index (χ0v) is 27.0. The first-order valence-corrected chi connectivity index (χ1v) is 15.8. The van der Waals surface area contributed by atoms with Crippen molar-refractivity contribution in [2.45, 2.75) is 81.2 Å². The number of hydrogen-bond acceptors (Lipinski definition) is 11. The Hall–Kier alpha value is -2.78. The molecule has 0 spiro atoms. The Labute approximate surface area is 276 Å². The van der Waals surface area contributed by atoms with Gasteiger partial charge in [-0.3, -0.25) is 0 Å². The molecule has 5 rings (SSSR count). The fourth-order valence-corrected chi connectivity index (χ4v) is 5.96. The molecule has 3 aromatic rings. The minimum atomic E-state index is -1.15. The lowest BCUT2D eigenvalue weighted by Crippen LogP contribution is -2.66. The summed E-state index contributed by atoms with van der Waals surface area (Å²) >= 11 is 0. The largest absolute Gasteiger partial charge is 0.394 e. The summed E-state index contributed by atoms with van der Waals surface area (Å²) in [7, 11) is 4.50. The van der Waals surface area contributed by atoms with E-state index < -0.39 is 68.0 Å². The Bertz CT molecular complexity index is 1280. The lowest BCUT2D eigenvalue weighted by molar-refractivity contribution is -0.369. The van der Waals surface area contributed by atoms with Gasteiger partial charge in [0.05, 0.1) is 33.0 Å². The number of benzene rings is 3. The van der Waals surface area contributed by atoms with Gasteiger partial charge in [0.25, 0.3) is 0 Å². The Morgan fingerprint density at radius 1 is 0.553 bits per heavy atom. The lowest BCUT2D eigenvalue weighted by Gasteiger charge is -2.49.